The number of carbonyl (C=O) groups excluding carboxylic acids is 2. The minimum Gasteiger partial charge on any atom is -0.427 e. The van der Waals surface area contributed by atoms with E-state index in [2.05, 4.69) is 15.9 Å². The summed E-state index contributed by atoms with van der Waals surface area (Å²) in [6.45, 7) is 1.31. The largest absolute Gasteiger partial charge is 0.427 e. The van der Waals surface area contributed by atoms with E-state index in [0.29, 0.717) is 22.1 Å². The van der Waals surface area contributed by atoms with Crippen molar-refractivity contribution in [3.63, 3.8) is 0 Å². The van der Waals surface area contributed by atoms with Gasteiger partial charge in [0.25, 0.3) is 0 Å². The Morgan fingerprint density at radius 1 is 1.54 bits per heavy atom. The van der Waals surface area contributed by atoms with Gasteiger partial charge in [0.05, 0.1) is 0 Å². The first-order valence-electron chi connectivity index (χ1n) is 3.56. The Bertz CT molecular complexity index is 347. The molecule has 0 saturated carbocycles. The molecule has 0 spiro atoms. The average molecular weight is 243 g/mol. The lowest BCUT2D eigenvalue weighted by Crippen LogP contribution is -2.01. The van der Waals surface area contributed by atoms with Crippen LogP contribution >= 0.6 is 15.9 Å². The van der Waals surface area contributed by atoms with Gasteiger partial charge >= 0.3 is 5.97 Å². The van der Waals surface area contributed by atoms with Gasteiger partial charge in [0.2, 0.25) is 0 Å². The normalized spacial score (nSPS) is 9.38. The average Bonchev–Trinajstić information content (AvgIpc) is 2.07. The van der Waals surface area contributed by atoms with E-state index in [1.807, 2.05) is 0 Å². The molecule has 0 aliphatic carbocycles. The Morgan fingerprint density at radius 3 is 2.77 bits per heavy atom. The van der Waals surface area contributed by atoms with E-state index in [9.17, 15) is 9.59 Å². The molecule has 0 aliphatic rings. The van der Waals surface area contributed by atoms with Crippen LogP contribution in [0.4, 0.5) is 0 Å². The van der Waals surface area contributed by atoms with Crippen molar-refractivity contribution < 1.29 is 14.3 Å². The number of halogens is 1. The predicted molar refractivity (Wildman–Crippen MR) is 50.8 cm³/mol. The second-order valence-corrected chi connectivity index (χ2v) is 3.25. The topological polar surface area (TPSA) is 43.4 Å². The van der Waals surface area contributed by atoms with Crippen LogP contribution < -0.4 is 4.74 Å². The molecular formula is C9H7BrO3. The van der Waals surface area contributed by atoms with Crippen molar-refractivity contribution in [2.45, 2.75) is 6.92 Å². The molecule has 3 nitrogen and oxygen atoms in total. The SMILES string of the molecule is CC(=O)Oc1ccc(Br)c(C=O)c1. The maximum Gasteiger partial charge on any atom is 0.308 e. The zero-order valence-corrected chi connectivity index (χ0v) is 8.50. The van der Waals surface area contributed by atoms with Crippen LogP contribution in [0.15, 0.2) is 22.7 Å². The van der Waals surface area contributed by atoms with E-state index in [-0.39, 0.29) is 0 Å². The summed E-state index contributed by atoms with van der Waals surface area (Å²) in [6.07, 6.45) is 0.692. The molecule has 0 aliphatic heterocycles. The van der Waals surface area contributed by atoms with Crippen LogP contribution in [0.1, 0.15) is 17.3 Å². The van der Waals surface area contributed by atoms with E-state index >= 15 is 0 Å². The standard InChI is InChI=1S/C9H7BrO3/c1-6(12)13-8-2-3-9(10)7(4-8)5-11/h2-5H,1H3. The summed E-state index contributed by atoms with van der Waals surface area (Å²) in [5, 5.41) is 0. The third-order valence-electron chi connectivity index (χ3n) is 1.36. The van der Waals surface area contributed by atoms with Crippen LogP contribution in [0.25, 0.3) is 0 Å². The first-order chi connectivity index (χ1) is 6.13. The number of aldehydes is 1. The molecular weight excluding hydrogens is 236 g/mol. The molecule has 1 aromatic carbocycles. The van der Waals surface area contributed by atoms with Crippen molar-refractivity contribution in [3.8, 4) is 5.75 Å². The third-order valence-corrected chi connectivity index (χ3v) is 2.08. The predicted octanol–water partition coefficient (Wildman–Crippen LogP) is 2.19. The van der Waals surface area contributed by atoms with E-state index in [1.54, 1.807) is 12.1 Å². The van der Waals surface area contributed by atoms with Crippen molar-refractivity contribution in [2.75, 3.05) is 0 Å². The van der Waals surface area contributed by atoms with Crippen LogP contribution in [0.3, 0.4) is 0 Å². The number of hydrogen-bond donors (Lipinski definition) is 0. The molecule has 1 rings (SSSR count). The van der Waals surface area contributed by atoms with Crippen molar-refractivity contribution in [1.82, 2.24) is 0 Å². The van der Waals surface area contributed by atoms with Gasteiger partial charge < -0.3 is 4.74 Å². The van der Waals surface area contributed by atoms with Crippen molar-refractivity contribution in [1.29, 1.82) is 0 Å². The zero-order valence-electron chi connectivity index (χ0n) is 6.91. The fraction of sp³-hybridized carbons (Fsp3) is 0.111. The maximum absolute atomic E-state index is 10.6. The van der Waals surface area contributed by atoms with Gasteiger partial charge in [0.1, 0.15) is 5.75 Å². The van der Waals surface area contributed by atoms with Gasteiger partial charge in [-0.2, -0.15) is 0 Å². The summed E-state index contributed by atoms with van der Waals surface area (Å²) in [5.41, 5.74) is 0.457. The Morgan fingerprint density at radius 2 is 2.23 bits per heavy atom. The minimum atomic E-state index is -0.404. The molecule has 4 heteroatoms. The van der Waals surface area contributed by atoms with Gasteiger partial charge in [-0.3, -0.25) is 9.59 Å². The number of carbonyl (C=O) groups is 2. The van der Waals surface area contributed by atoms with Crippen LogP contribution in [0.5, 0.6) is 5.75 Å². The molecule has 0 unspecified atom stereocenters. The van der Waals surface area contributed by atoms with Crippen LogP contribution in [-0.4, -0.2) is 12.3 Å². The fourth-order valence-corrected chi connectivity index (χ4v) is 1.18. The highest BCUT2D eigenvalue weighted by Crippen LogP contribution is 2.21. The monoisotopic (exact) mass is 242 g/mol. The summed E-state index contributed by atoms with van der Waals surface area (Å²) in [5.74, 6) is -0.0306. The lowest BCUT2D eigenvalue weighted by molar-refractivity contribution is -0.131. The van der Waals surface area contributed by atoms with E-state index in [0.717, 1.165) is 0 Å². The highest BCUT2D eigenvalue weighted by atomic mass is 79.9. The second kappa shape index (κ2) is 4.18. The minimum absolute atomic E-state index is 0.373. The summed E-state index contributed by atoms with van der Waals surface area (Å²) in [7, 11) is 0. The molecule has 0 amide bonds. The molecule has 0 radical (unpaired) electrons. The number of benzene rings is 1. The third kappa shape index (κ3) is 2.66. The summed E-state index contributed by atoms with van der Waals surface area (Å²) < 4.78 is 5.47. The number of hydrogen-bond acceptors (Lipinski definition) is 3. The smallest absolute Gasteiger partial charge is 0.308 e. The van der Waals surface area contributed by atoms with E-state index in [4.69, 9.17) is 4.74 Å². The van der Waals surface area contributed by atoms with Gasteiger partial charge in [-0.25, -0.2) is 0 Å². The first-order valence-corrected chi connectivity index (χ1v) is 4.36. The van der Waals surface area contributed by atoms with Gasteiger partial charge in [0, 0.05) is 17.0 Å². The Hall–Kier alpha value is -1.16. The van der Waals surface area contributed by atoms with Gasteiger partial charge in [-0.15, -0.1) is 0 Å². The number of ether oxygens (including phenoxy) is 1. The highest BCUT2D eigenvalue weighted by molar-refractivity contribution is 9.10. The summed E-state index contributed by atoms with van der Waals surface area (Å²) >= 11 is 3.19. The molecule has 0 atom stereocenters. The van der Waals surface area contributed by atoms with Crippen molar-refractivity contribution in [2.24, 2.45) is 0 Å². The van der Waals surface area contributed by atoms with Crippen molar-refractivity contribution >= 4 is 28.2 Å². The quantitative estimate of drug-likeness (QED) is 0.454. The molecule has 0 N–H and O–H groups in total. The number of rotatable bonds is 2. The lowest BCUT2D eigenvalue weighted by atomic mass is 10.2. The molecule has 1 aromatic rings. The van der Waals surface area contributed by atoms with Gasteiger partial charge in [0.15, 0.2) is 6.29 Å². The molecule has 0 fully saturated rings. The molecule has 13 heavy (non-hydrogen) atoms. The maximum atomic E-state index is 10.6. The second-order valence-electron chi connectivity index (χ2n) is 2.39. The Balaban J connectivity index is 2.99. The fourth-order valence-electron chi connectivity index (χ4n) is 0.842. The number of esters is 1. The Labute approximate surface area is 83.8 Å². The van der Waals surface area contributed by atoms with Crippen LogP contribution in [0.2, 0.25) is 0 Å². The van der Waals surface area contributed by atoms with Crippen LogP contribution in [-0.2, 0) is 4.79 Å². The summed E-state index contributed by atoms with van der Waals surface area (Å²) in [6, 6.07) is 4.76. The van der Waals surface area contributed by atoms with E-state index in [1.165, 1.54) is 13.0 Å². The molecule has 0 aromatic heterocycles. The first kappa shape index (κ1) is 9.92. The van der Waals surface area contributed by atoms with E-state index < -0.39 is 5.97 Å². The molecule has 0 heterocycles. The highest BCUT2D eigenvalue weighted by Gasteiger charge is 2.02. The van der Waals surface area contributed by atoms with Gasteiger partial charge in [-0.05, 0) is 18.2 Å². The molecule has 68 valence electrons. The lowest BCUT2D eigenvalue weighted by Gasteiger charge is -2.02. The summed E-state index contributed by atoms with van der Waals surface area (Å²) in [4.78, 5) is 21.1. The zero-order chi connectivity index (χ0) is 9.84. The molecule has 0 saturated heterocycles. The van der Waals surface area contributed by atoms with Crippen molar-refractivity contribution in [3.05, 3.63) is 28.2 Å². The Kier molecular flexibility index (Phi) is 3.19. The van der Waals surface area contributed by atoms with Crippen LogP contribution in [0, 0.1) is 0 Å². The van der Waals surface area contributed by atoms with Gasteiger partial charge in [-0.1, -0.05) is 15.9 Å². The molecule has 0 bridgehead atoms.